The average Bonchev–Trinajstić information content (AvgIpc) is 3.85. The van der Waals surface area contributed by atoms with E-state index in [1.807, 2.05) is 11.9 Å². The van der Waals surface area contributed by atoms with Crippen LogP contribution in [0.4, 0.5) is 58.7 Å². The Morgan fingerprint density at radius 2 is 0.971 bits per heavy atom. The van der Waals surface area contributed by atoms with Crippen molar-refractivity contribution in [1.29, 1.82) is 10.5 Å². The number of rotatable bonds is 14. The van der Waals surface area contributed by atoms with E-state index in [1.54, 1.807) is 62.4 Å². The standard InChI is InChI=1S/C51H47F6N9O4/c1-4-61-30-40-42(46(61)67)44(34-18-14-32(28-58)15-19-34)63(48(69)65(40)38-12-6-10-36(26-38)50(52,53)54)24-8-22-60(3)23-9-25-64-45(35-20-16-33(29-59)17-21-35)43-41(31-62(5-2)47(43)68)66(49(64)70)39-13-7-11-37(27-39)51(55,56)57/h6-7,10-21,26-27,30-31,44-45,67-68H,4-5,8-9,22-25H2,1-3H3/t44-,45-/m1/s1. The number of halogens is 6. The summed E-state index contributed by atoms with van der Waals surface area (Å²) in [6.45, 7) is 4.98. The number of urea groups is 2. The van der Waals surface area contributed by atoms with Crippen LogP contribution in [0.3, 0.4) is 0 Å². The monoisotopic (exact) mass is 963 g/mol. The molecule has 2 aromatic heterocycles. The van der Waals surface area contributed by atoms with Gasteiger partial charge in [-0.3, -0.25) is 9.80 Å². The number of carbonyl (C=O) groups excluding carboxylic acids is 2. The highest BCUT2D eigenvalue weighted by Gasteiger charge is 2.45. The van der Waals surface area contributed by atoms with Gasteiger partial charge in [-0.1, -0.05) is 36.4 Å². The van der Waals surface area contributed by atoms with Gasteiger partial charge in [0.2, 0.25) is 0 Å². The molecule has 0 saturated carbocycles. The minimum atomic E-state index is -4.70. The van der Waals surface area contributed by atoms with Crippen LogP contribution in [0.25, 0.3) is 0 Å². The van der Waals surface area contributed by atoms with Crippen molar-refractivity contribution in [1.82, 2.24) is 23.8 Å². The molecule has 2 atom stereocenters. The van der Waals surface area contributed by atoms with Crippen LogP contribution < -0.4 is 9.80 Å². The van der Waals surface area contributed by atoms with E-state index in [2.05, 4.69) is 12.1 Å². The number of anilines is 4. The largest absolute Gasteiger partial charge is 0.494 e. The van der Waals surface area contributed by atoms with Crippen LogP contribution in [0.2, 0.25) is 0 Å². The van der Waals surface area contributed by atoms with Gasteiger partial charge in [0.05, 0.1) is 80.4 Å². The van der Waals surface area contributed by atoms with Gasteiger partial charge in [-0.05, 0) is 119 Å². The molecule has 2 N–H and O–H groups in total. The van der Waals surface area contributed by atoms with Gasteiger partial charge in [-0.2, -0.15) is 36.9 Å². The lowest BCUT2D eigenvalue weighted by Gasteiger charge is -2.42. The van der Waals surface area contributed by atoms with Gasteiger partial charge in [0.1, 0.15) is 0 Å². The lowest BCUT2D eigenvalue weighted by molar-refractivity contribution is -0.138. The van der Waals surface area contributed by atoms with E-state index < -0.39 is 47.6 Å². The Hall–Kier alpha value is -7.90. The van der Waals surface area contributed by atoms with Gasteiger partial charge in [0.15, 0.2) is 11.8 Å². The number of benzene rings is 4. The second-order valence-electron chi connectivity index (χ2n) is 17.1. The molecule has 2 aliphatic heterocycles. The highest BCUT2D eigenvalue weighted by atomic mass is 19.4. The first-order valence-corrected chi connectivity index (χ1v) is 22.5. The van der Waals surface area contributed by atoms with Gasteiger partial charge in [0.25, 0.3) is 0 Å². The molecule has 0 aliphatic carbocycles. The summed E-state index contributed by atoms with van der Waals surface area (Å²) in [7, 11) is 1.83. The molecule has 8 rings (SSSR count). The second-order valence-corrected chi connectivity index (χ2v) is 17.1. The highest BCUT2D eigenvalue weighted by molar-refractivity contribution is 6.04. The van der Waals surface area contributed by atoms with Crippen molar-refractivity contribution >= 4 is 34.8 Å². The molecule has 4 heterocycles. The van der Waals surface area contributed by atoms with Crippen molar-refractivity contribution < 1.29 is 46.1 Å². The quantitative estimate of drug-likeness (QED) is 0.103. The van der Waals surface area contributed by atoms with Crippen molar-refractivity contribution in [2.75, 3.05) is 43.0 Å². The molecule has 0 radical (unpaired) electrons. The molecule has 6 aromatic rings. The molecular formula is C51H47F6N9O4. The van der Waals surface area contributed by atoms with Crippen molar-refractivity contribution in [2.24, 2.45) is 0 Å². The Kier molecular flexibility index (Phi) is 13.3. The van der Waals surface area contributed by atoms with E-state index in [0.717, 1.165) is 24.3 Å². The van der Waals surface area contributed by atoms with Crippen molar-refractivity contribution in [3.05, 3.63) is 154 Å². The summed E-state index contributed by atoms with van der Waals surface area (Å²) in [5.74, 6) is -0.355. The molecule has 362 valence electrons. The fourth-order valence-corrected chi connectivity index (χ4v) is 9.35. The zero-order valence-corrected chi connectivity index (χ0v) is 38.2. The van der Waals surface area contributed by atoms with Crippen molar-refractivity contribution in [3.8, 4) is 23.9 Å². The maximum atomic E-state index is 14.8. The Balaban J connectivity index is 1.07. The number of aromatic nitrogens is 2. The first kappa shape index (κ1) is 48.6. The molecule has 0 spiro atoms. The first-order valence-electron chi connectivity index (χ1n) is 22.5. The van der Waals surface area contributed by atoms with Crippen molar-refractivity contribution in [3.63, 3.8) is 0 Å². The minimum absolute atomic E-state index is 0.0559. The maximum absolute atomic E-state index is 14.8. The Labute approximate surface area is 399 Å². The van der Waals surface area contributed by atoms with Gasteiger partial charge in [-0.15, -0.1) is 0 Å². The van der Waals surface area contributed by atoms with E-state index in [-0.39, 0.29) is 60.7 Å². The van der Waals surface area contributed by atoms with E-state index in [1.165, 1.54) is 65.4 Å². The summed E-state index contributed by atoms with van der Waals surface area (Å²) in [6, 6.07) is 22.9. The van der Waals surface area contributed by atoms with E-state index in [4.69, 9.17) is 0 Å². The summed E-state index contributed by atoms with van der Waals surface area (Å²) in [5, 5.41) is 42.4. The van der Waals surface area contributed by atoms with Crippen LogP contribution >= 0.6 is 0 Å². The number of hydrogen-bond donors (Lipinski definition) is 2. The normalized spacial score (nSPS) is 16.1. The zero-order chi connectivity index (χ0) is 50.2. The van der Waals surface area contributed by atoms with Crippen LogP contribution in [0.15, 0.2) is 109 Å². The van der Waals surface area contributed by atoms with Crippen LogP contribution in [0.5, 0.6) is 11.8 Å². The van der Waals surface area contributed by atoms with Gasteiger partial charge in [-0.25, -0.2) is 9.59 Å². The Morgan fingerprint density at radius 3 is 1.30 bits per heavy atom. The number of aromatic hydroxyl groups is 2. The summed E-state index contributed by atoms with van der Waals surface area (Å²) in [5.41, 5.74) is 0.785. The smallest absolute Gasteiger partial charge is 0.416 e. The molecule has 4 aromatic carbocycles. The molecule has 70 heavy (non-hydrogen) atoms. The fourth-order valence-electron chi connectivity index (χ4n) is 9.35. The number of aryl methyl sites for hydroxylation is 2. The third-order valence-electron chi connectivity index (χ3n) is 12.8. The van der Waals surface area contributed by atoms with E-state index in [0.29, 0.717) is 59.3 Å². The third kappa shape index (κ3) is 9.07. The number of nitrogens with zero attached hydrogens (tertiary/aromatic N) is 9. The SMILES string of the molecule is CCn1cc2c(c1O)[C@@H](c1ccc(C#N)cc1)N(CCCN(C)CCCN1C(=O)N(c3cccc(C(F)(F)F)c3)c3cn(CC)c(O)c3[C@H]1c1ccc(C#N)cc1)C(=O)N2c1cccc(C(F)(F)F)c1. The number of nitriles is 2. The molecule has 4 amide bonds. The average molecular weight is 964 g/mol. The topological polar surface area (TPSA) is 148 Å². The lowest BCUT2D eigenvalue weighted by Crippen LogP contribution is -2.48. The molecule has 19 heteroatoms. The predicted molar refractivity (Wildman–Crippen MR) is 248 cm³/mol. The molecule has 0 saturated heterocycles. The summed E-state index contributed by atoms with van der Waals surface area (Å²) in [6.07, 6.45) is -5.68. The molecule has 13 nitrogen and oxygen atoms in total. The van der Waals surface area contributed by atoms with Crippen LogP contribution in [0, 0.1) is 22.7 Å². The molecule has 0 unspecified atom stereocenters. The van der Waals surface area contributed by atoms with Gasteiger partial charge in [0, 0.05) is 38.6 Å². The maximum Gasteiger partial charge on any atom is 0.416 e. The van der Waals surface area contributed by atoms with E-state index >= 15 is 0 Å². The van der Waals surface area contributed by atoms with Crippen LogP contribution in [-0.2, 0) is 25.4 Å². The van der Waals surface area contributed by atoms with Crippen LogP contribution in [-0.4, -0.2) is 79.3 Å². The highest BCUT2D eigenvalue weighted by Crippen LogP contribution is 2.51. The molecule has 0 fully saturated rings. The Morgan fingerprint density at radius 1 is 0.600 bits per heavy atom. The lowest BCUT2D eigenvalue weighted by atomic mass is 9.94. The summed E-state index contributed by atoms with van der Waals surface area (Å²) >= 11 is 0. The van der Waals surface area contributed by atoms with Gasteiger partial charge < -0.3 is 34.0 Å². The fraction of sp³-hybridized carbons (Fsp3) is 0.294. The number of fused-ring (bicyclic) bond motifs is 2. The van der Waals surface area contributed by atoms with Crippen molar-refractivity contribution in [2.45, 2.75) is 64.2 Å². The first-order chi connectivity index (χ1) is 33.4. The third-order valence-corrected chi connectivity index (χ3v) is 12.8. The number of hydrogen-bond acceptors (Lipinski definition) is 7. The number of carbonyl (C=O) groups is 2. The molecule has 2 aliphatic rings. The number of alkyl halides is 6. The van der Waals surface area contributed by atoms with Gasteiger partial charge >= 0.3 is 24.4 Å². The summed E-state index contributed by atoms with van der Waals surface area (Å²) in [4.78, 5) is 36.9. The molecular weight excluding hydrogens is 917 g/mol. The molecule has 0 bridgehead atoms. The summed E-state index contributed by atoms with van der Waals surface area (Å²) < 4.78 is 87.1. The van der Waals surface area contributed by atoms with Crippen LogP contribution in [0.1, 0.15) is 83.3 Å². The van der Waals surface area contributed by atoms with E-state index in [9.17, 15) is 56.7 Å². The number of amides is 4. The minimum Gasteiger partial charge on any atom is -0.494 e. The second kappa shape index (κ2) is 19.2. The predicted octanol–water partition coefficient (Wildman–Crippen LogP) is 11.3. The Bertz CT molecular complexity index is 2800. The zero-order valence-electron chi connectivity index (χ0n) is 38.2.